The van der Waals surface area contributed by atoms with E-state index >= 15 is 0 Å². The van der Waals surface area contributed by atoms with Crippen LogP contribution >= 0.6 is 0 Å². The van der Waals surface area contributed by atoms with Gasteiger partial charge in [-0.2, -0.15) is 0 Å². The highest BCUT2D eigenvalue weighted by Crippen LogP contribution is 2.01. The molecule has 2 heteroatoms. The van der Waals surface area contributed by atoms with Crippen molar-refractivity contribution < 1.29 is 5.11 Å². The molecule has 0 aromatic rings. The standard InChI is InChI=1S/C9H21NO/c1-7(2)5-10-9(4)8(3)6-11/h7-11H,5-6H2,1-4H3. The van der Waals surface area contributed by atoms with Gasteiger partial charge in [0.15, 0.2) is 0 Å². The highest BCUT2D eigenvalue weighted by atomic mass is 16.3. The third kappa shape index (κ3) is 5.22. The zero-order chi connectivity index (χ0) is 8.85. The number of hydrogen-bond donors (Lipinski definition) is 2. The average molecular weight is 159 g/mol. The van der Waals surface area contributed by atoms with Crippen LogP contribution in [0.3, 0.4) is 0 Å². The van der Waals surface area contributed by atoms with E-state index in [-0.39, 0.29) is 6.61 Å². The second-order valence-electron chi connectivity index (χ2n) is 3.75. The molecule has 0 bridgehead atoms. The lowest BCUT2D eigenvalue weighted by Crippen LogP contribution is -2.36. The van der Waals surface area contributed by atoms with Crippen LogP contribution in [0.1, 0.15) is 27.7 Å². The molecule has 2 nitrogen and oxygen atoms in total. The molecule has 0 fully saturated rings. The van der Waals surface area contributed by atoms with Crippen molar-refractivity contribution in [1.29, 1.82) is 0 Å². The van der Waals surface area contributed by atoms with Crippen LogP contribution < -0.4 is 5.32 Å². The molecule has 2 atom stereocenters. The van der Waals surface area contributed by atoms with Gasteiger partial charge >= 0.3 is 0 Å². The second-order valence-corrected chi connectivity index (χ2v) is 3.75. The topological polar surface area (TPSA) is 32.3 Å². The molecule has 0 spiro atoms. The maximum atomic E-state index is 8.83. The quantitative estimate of drug-likeness (QED) is 0.633. The van der Waals surface area contributed by atoms with Gasteiger partial charge in [-0.05, 0) is 25.3 Å². The number of nitrogens with one attached hydrogen (secondary N) is 1. The first-order valence-electron chi connectivity index (χ1n) is 4.42. The first-order valence-corrected chi connectivity index (χ1v) is 4.42. The zero-order valence-corrected chi connectivity index (χ0v) is 8.09. The summed E-state index contributed by atoms with van der Waals surface area (Å²) in [7, 11) is 0. The van der Waals surface area contributed by atoms with Gasteiger partial charge in [0.05, 0.1) is 0 Å². The fraction of sp³-hybridized carbons (Fsp3) is 1.00. The summed E-state index contributed by atoms with van der Waals surface area (Å²) in [5, 5.41) is 12.2. The normalized spacial score (nSPS) is 16.9. The van der Waals surface area contributed by atoms with Crippen molar-refractivity contribution in [3.63, 3.8) is 0 Å². The molecule has 0 aromatic carbocycles. The van der Waals surface area contributed by atoms with Gasteiger partial charge in [-0.3, -0.25) is 0 Å². The minimum absolute atomic E-state index is 0.270. The van der Waals surface area contributed by atoms with Crippen molar-refractivity contribution in [2.45, 2.75) is 33.7 Å². The summed E-state index contributed by atoms with van der Waals surface area (Å²) < 4.78 is 0. The van der Waals surface area contributed by atoms with Gasteiger partial charge in [-0.1, -0.05) is 20.8 Å². The molecule has 0 amide bonds. The molecule has 0 saturated carbocycles. The van der Waals surface area contributed by atoms with Gasteiger partial charge in [-0.25, -0.2) is 0 Å². The maximum Gasteiger partial charge on any atom is 0.0471 e. The smallest absolute Gasteiger partial charge is 0.0471 e. The fourth-order valence-corrected chi connectivity index (χ4v) is 0.781. The predicted octanol–water partition coefficient (Wildman–Crippen LogP) is 1.25. The van der Waals surface area contributed by atoms with E-state index in [0.717, 1.165) is 6.54 Å². The van der Waals surface area contributed by atoms with Crippen molar-refractivity contribution in [3.05, 3.63) is 0 Å². The van der Waals surface area contributed by atoms with Crippen LogP contribution in [0.5, 0.6) is 0 Å². The second kappa shape index (κ2) is 5.56. The minimum atomic E-state index is 0.270. The Bertz CT molecular complexity index is 93.6. The average Bonchev–Trinajstić information content (AvgIpc) is 1.98. The summed E-state index contributed by atoms with van der Waals surface area (Å²) in [5.74, 6) is 1.04. The molecule has 11 heavy (non-hydrogen) atoms. The van der Waals surface area contributed by atoms with Crippen LogP contribution in [0.15, 0.2) is 0 Å². The van der Waals surface area contributed by atoms with Crippen molar-refractivity contribution in [2.24, 2.45) is 11.8 Å². The lowest BCUT2D eigenvalue weighted by molar-refractivity contribution is 0.205. The monoisotopic (exact) mass is 159 g/mol. The van der Waals surface area contributed by atoms with Crippen molar-refractivity contribution >= 4 is 0 Å². The summed E-state index contributed by atoms with van der Waals surface area (Å²) in [6, 6.07) is 0.419. The Morgan fingerprint density at radius 2 is 1.73 bits per heavy atom. The molecule has 0 aromatic heterocycles. The molecule has 0 aliphatic carbocycles. The number of rotatable bonds is 5. The van der Waals surface area contributed by atoms with Crippen LogP contribution in [-0.4, -0.2) is 24.3 Å². The Morgan fingerprint density at radius 1 is 1.18 bits per heavy atom. The molecular formula is C9H21NO. The summed E-state index contributed by atoms with van der Waals surface area (Å²) in [6.07, 6.45) is 0. The Kier molecular flexibility index (Phi) is 5.51. The number of aliphatic hydroxyl groups is 1. The third-order valence-electron chi connectivity index (χ3n) is 1.99. The molecule has 0 rings (SSSR count). The summed E-state index contributed by atoms with van der Waals surface area (Å²) in [5.41, 5.74) is 0. The fourth-order valence-electron chi connectivity index (χ4n) is 0.781. The van der Waals surface area contributed by atoms with Crippen LogP contribution in [0.2, 0.25) is 0 Å². The summed E-state index contributed by atoms with van der Waals surface area (Å²) >= 11 is 0. The lowest BCUT2D eigenvalue weighted by atomic mass is 10.0. The summed E-state index contributed by atoms with van der Waals surface area (Å²) in [4.78, 5) is 0. The highest BCUT2D eigenvalue weighted by molar-refractivity contribution is 4.67. The first-order chi connectivity index (χ1) is 5.07. The molecular weight excluding hydrogens is 138 g/mol. The molecule has 0 aliphatic rings. The van der Waals surface area contributed by atoms with E-state index in [1.807, 2.05) is 0 Å². The van der Waals surface area contributed by atoms with E-state index in [1.54, 1.807) is 0 Å². The van der Waals surface area contributed by atoms with Crippen LogP contribution in [0.4, 0.5) is 0 Å². The van der Waals surface area contributed by atoms with Crippen LogP contribution in [0.25, 0.3) is 0 Å². The Balaban J connectivity index is 3.43. The Labute approximate surface area is 70.0 Å². The van der Waals surface area contributed by atoms with Crippen molar-refractivity contribution in [2.75, 3.05) is 13.2 Å². The van der Waals surface area contributed by atoms with E-state index in [0.29, 0.717) is 17.9 Å². The Morgan fingerprint density at radius 3 is 2.09 bits per heavy atom. The molecule has 0 aliphatic heterocycles. The first kappa shape index (κ1) is 10.9. The van der Waals surface area contributed by atoms with E-state index in [1.165, 1.54) is 0 Å². The molecule has 68 valence electrons. The van der Waals surface area contributed by atoms with Crippen molar-refractivity contribution in [1.82, 2.24) is 5.32 Å². The maximum absolute atomic E-state index is 8.83. The van der Waals surface area contributed by atoms with Gasteiger partial charge in [0, 0.05) is 12.6 Å². The van der Waals surface area contributed by atoms with Crippen LogP contribution in [-0.2, 0) is 0 Å². The largest absolute Gasteiger partial charge is 0.396 e. The minimum Gasteiger partial charge on any atom is -0.396 e. The molecule has 0 radical (unpaired) electrons. The van der Waals surface area contributed by atoms with E-state index in [4.69, 9.17) is 5.11 Å². The van der Waals surface area contributed by atoms with Gasteiger partial charge in [0.2, 0.25) is 0 Å². The highest BCUT2D eigenvalue weighted by Gasteiger charge is 2.09. The number of hydrogen-bond acceptors (Lipinski definition) is 2. The Hall–Kier alpha value is -0.0800. The van der Waals surface area contributed by atoms with Gasteiger partial charge in [0.25, 0.3) is 0 Å². The predicted molar refractivity (Wildman–Crippen MR) is 48.6 cm³/mol. The molecule has 0 saturated heterocycles. The van der Waals surface area contributed by atoms with Crippen molar-refractivity contribution in [3.8, 4) is 0 Å². The number of aliphatic hydroxyl groups excluding tert-OH is 1. The molecule has 2 unspecified atom stereocenters. The van der Waals surface area contributed by atoms with E-state index in [2.05, 4.69) is 33.0 Å². The van der Waals surface area contributed by atoms with Gasteiger partial charge in [-0.15, -0.1) is 0 Å². The molecule has 0 heterocycles. The zero-order valence-electron chi connectivity index (χ0n) is 8.09. The van der Waals surface area contributed by atoms with Gasteiger partial charge in [0.1, 0.15) is 0 Å². The van der Waals surface area contributed by atoms with E-state index in [9.17, 15) is 0 Å². The third-order valence-corrected chi connectivity index (χ3v) is 1.99. The summed E-state index contributed by atoms with van der Waals surface area (Å²) in [6.45, 7) is 9.84. The van der Waals surface area contributed by atoms with Crippen LogP contribution in [0, 0.1) is 11.8 Å². The SMILES string of the molecule is CC(C)CNC(C)C(C)CO. The molecule has 2 N–H and O–H groups in total. The van der Waals surface area contributed by atoms with Gasteiger partial charge < -0.3 is 10.4 Å². The lowest BCUT2D eigenvalue weighted by Gasteiger charge is -2.20. The van der Waals surface area contributed by atoms with E-state index < -0.39 is 0 Å².